The van der Waals surface area contributed by atoms with Crippen LogP contribution in [0.2, 0.25) is 0 Å². The summed E-state index contributed by atoms with van der Waals surface area (Å²) >= 11 is 0. The van der Waals surface area contributed by atoms with Crippen molar-refractivity contribution in [2.75, 3.05) is 13.1 Å². The second-order valence-corrected chi connectivity index (χ2v) is 4.77. The molecular formula is C14H13N5O. The maximum atomic E-state index is 12.4. The van der Waals surface area contributed by atoms with Crippen molar-refractivity contribution in [2.45, 2.75) is 12.5 Å². The molecule has 1 aliphatic heterocycles. The van der Waals surface area contributed by atoms with Gasteiger partial charge < -0.3 is 4.90 Å². The molecule has 6 nitrogen and oxygen atoms in total. The average Bonchev–Trinajstić information content (AvgIpc) is 3.17. The smallest absolute Gasteiger partial charge is 0.253 e. The maximum Gasteiger partial charge on any atom is 0.253 e. The summed E-state index contributed by atoms with van der Waals surface area (Å²) in [7, 11) is 0. The Kier molecular flexibility index (Phi) is 3.17. The second-order valence-electron chi connectivity index (χ2n) is 4.77. The second kappa shape index (κ2) is 5.13. The average molecular weight is 267 g/mol. The van der Waals surface area contributed by atoms with Gasteiger partial charge in [-0.05, 0) is 24.6 Å². The Labute approximate surface area is 116 Å². The van der Waals surface area contributed by atoms with Gasteiger partial charge in [0.2, 0.25) is 0 Å². The number of amides is 1. The number of hydrogen-bond acceptors (Lipinski definition) is 4. The van der Waals surface area contributed by atoms with Gasteiger partial charge in [-0.1, -0.05) is 11.3 Å². The van der Waals surface area contributed by atoms with Crippen LogP contribution in [-0.4, -0.2) is 38.9 Å². The van der Waals surface area contributed by atoms with Gasteiger partial charge in [-0.25, -0.2) is 4.68 Å². The van der Waals surface area contributed by atoms with Gasteiger partial charge in [-0.2, -0.15) is 5.26 Å². The molecule has 1 aromatic carbocycles. The molecule has 0 radical (unpaired) electrons. The fourth-order valence-electron chi connectivity index (χ4n) is 2.46. The van der Waals surface area contributed by atoms with E-state index >= 15 is 0 Å². The van der Waals surface area contributed by atoms with Crippen LogP contribution >= 0.6 is 0 Å². The molecular weight excluding hydrogens is 254 g/mol. The van der Waals surface area contributed by atoms with Gasteiger partial charge in [-0.15, -0.1) is 5.10 Å². The van der Waals surface area contributed by atoms with Crippen molar-refractivity contribution in [3.05, 3.63) is 47.8 Å². The molecule has 0 aliphatic carbocycles. The quantitative estimate of drug-likeness (QED) is 0.820. The highest BCUT2D eigenvalue weighted by atomic mass is 16.2. The van der Waals surface area contributed by atoms with Gasteiger partial charge in [0.05, 0.1) is 23.9 Å². The molecule has 6 heteroatoms. The normalized spacial score (nSPS) is 17.9. The van der Waals surface area contributed by atoms with Gasteiger partial charge in [0.15, 0.2) is 0 Å². The van der Waals surface area contributed by atoms with E-state index in [1.54, 1.807) is 40.0 Å². The SMILES string of the molecule is N#Cc1cccc(C(=O)N2CCC(n3ccnn3)C2)c1. The van der Waals surface area contributed by atoms with Crippen LogP contribution in [0.15, 0.2) is 36.7 Å². The predicted molar refractivity (Wildman–Crippen MR) is 70.7 cm³/mol. The zero-order valence-electron chi connectivity index (χ0n) is 10.8. The van der Waals surface area contributed by atoms with E-state index in [9.17, 15) is 4.79 Å². The molecule has 0 bridgehead atoms. The fraction of sp³-hybridized carbons (Fsp3) is 0.286. The Bertz CT molecular complexity index is 658. The molecule has 3 rings (SSSR count). The van der Waals surface area contributed by atoms with Crippen molar-refractivity contribution in [2.24, 2.45) is 0 Å². The van der Waals surface area contributed by atoms with Gasteiger partial charge in [0.25, 0.3) is 5.91 Å². The first-order valence-electron chi connectivity index (χ1n) is 6.43. The molecule has 0 N–H and O–H groups in total. The van der Waals surface area contributed by atoms with E-state index in [1.165, 1.54) is 0 Å². The van der Waals surface area contributed by atoms with E-state index in [2.05, 4.69) is 16.4 Å². The molecule has 1 aromatic heterocycles. The van der Waals surface area contributed by atoms with Crippen molar-refractivity contribution in [3.63, 3.8) is 0 Å². The van der Waals surface area contributed by atoms with Crippen LogP contribution in [0.4, 0.5) is 0 Å². The number of aromatic nitrogens is 3. The highest BCUT2D eigenvalue weighted by molar-refractivity contribution is 5.94. The predicted octanol–water partition coefficient (Wildman–Crippen LogP) is 1.24. The van der Waals surface area contributed by atoms with Gasteiger partial charge in [0, 0.05) is 24.8 Å². The molecule has 20 heavy (non-hydrogen) atoms. The number of likely N-dealkylation sites (tertiary alicyclic amines) is 1. The standard InChI is InChI=1S/C14H13N5O/c15-9-11-2-1-3-12(8-11)14(20)18-6-4-13(10-18)19-7-5-16-17-19/h1-3,5,7-8,13H,4,6,10H2. The van der Waals surface area contributed by atoms with E-state index in [0.717, 1.165) is 6.42 Å². The van der Waals surface area contributed by atoms with Crippen molar-refractivity contribution >= 4 is 5.91 Å². The Morgan fingerprint density at radius 2 is 2.35 bits per heavy atom. The topological polar surface area (TPSA) is 74.8 Å². The number of benzene rings is 1. The van der Waals surface area contributed by atoms with Crippen LogP contribution in [0, 0.1) is 11.3 Å². The molecule has 1 aliphatic rings. The summed E-state index contributed by atoms with van der Waals surface area (Å²) in [5.41, 5.74) is 1.06. The molecule has 1 unspecified atom stereocenters. The van der Waals surface area contributed by atoms with Crippen molar-refractivity contribution in [1.29, 1.82) is 5.26 Å². The lowest BCUT2D eigenvalue weighted by molar-refractivity contribution is 0.0787. The van der Waals surface area contributed by atoms with Crippen LogP contribution in [0.25, 0.3) is 0 Å². The molecule has 2 heterocycles. The molecule has 0 spiro atoms. The molecule has 1 fully saturated rings. The first-order valence-corrected chi connectivity index (χ1v) is 6.43. The van der Waals surface area contributed by atoms with E-state index in [1.807, 2.05) is 6.20 Å². The van der Waals surface area contributed by atoms with Gasteiger partial charge >= 0.3 is 0 Å². The largest absolute Gasteiger partial charge is 0.336 e. The van der Waals surface area contributed by atoms with Crippen LogP contribution < -0.4 is 0 Å². The Morgan fingerprint density at radius 3 is 3.10 bits per heavy atom. The Morgan fingerprint density at radius 1 is 1.45 bits per heavy atom. The van der Waals surface area contributed by atoms with E-state index in [0.29, 0.717) is 24.2 Å². The molecule has 1 saturated heterocycles. The van der Waals surface area contributed by atoms with Crippen molar-refractivity contribution in [3.8, 4) is 6.07 Å². The maximum absolute atomic E-state index is 12.4. The first-order chi connectivity index (χ1) is 9.78. The summed E-state index contributed by atoms with van der Waals surface area (Å²) in [5.74, 6) is -0.0373. The summed E-state index contributed by atoms with van der Waals surface area (Å²) in [6, 6.07) is 9.03. The van der Waals surface area contributed by atoms with E-state index < -0.39 is 0 Å². The van der Waals surface area contributed by atoms with Gasteiger partial charge in [0.1, 0.15) is 0 Å². The number of carbonyl (C=O) groups excluding carboxylic acids is 1. The highest BCUT2D eigenvalue weighted by Crippen LogP contribution is 2.22. The third-order valence-electron chi connectivity index (χ3n) is 3.50. The first kappa shape index (κ1) is 12.4. The number of carbonyl (C=O) groups is 1. The highest BCUT2D eigenvalue weighted by Gasteiger charge is 2.28. The van der Waals surface area contributed by atoms with Crippen molar-refractivity contribution in [1.82, 2.24) is 19.9 Å². The molecule has 2 aromatic rings. The third kappa shape index (κ3) is 2.26. The Balaban J connectivity index is 1.74. The lowest BCUT2D eigenvalue weighted by Crippen LogP contribution is -2.29. The minimum absolute atomic E-state index is 0.0373. The Hall–Kier alpha value is -2.68. The van der Waals surface area contributed by atoms with E-state index in [4.69, 9.17) is 5.26 Å². The number of rotatable bonds is 2. The summed E-state index contributed by atoms with van der Waals surface area (Å²) in [6.07, 6.45) is 4.32. The van der Waals surface area contributed by atoms with Crippen molar-refractivity contribution < 1.29 is 4.79 Å². The molecule has 1 atom stereocenters. The minimum Gasteiger partial charge on any atom is -0.336 e. The summed E-state index contributed by atoms with van der Waals surface area (Å²) in [6.45, 7) is 1.32. The summed E-state index contributed by atoms with van der Waals surface area (Å²) < 4.78 is 1.79. The minimum atomic E-state index is -0.0373. The van der Waals surface area contributed by atoms with Crippen LogP contribution in [0.1, 0.15) is 28.4 Å². The monoisotopic (exact) mass is 267 g/mol. The lowest BCUT2D eigenvalue weighted by atomic mass is 10.1. The molecule has 0 saturated carbocycles. The zero-order chi connectivity index (χ0) is 13.9. The summed E-state index contributed by atoms with van der Waals surface area (Å²) in [4.78, 5) is 14.2. The number of hydrogen-bond donors (Lipinski definition) is 0. The van der Waals surface area contributed by atoms with Gasteiger partial charge in [-0.3, -0.25) is 4.79 Å². The summed E-state index contributed by atoms with van der Waals surface area (Å²) in [5, 5.41) is 16.7. The van der Waals surface area contributed by atoms with Crippen LogP contribution in [-0.2, 0) is 0 Å². The van der Waals surface area contributed by atoms with E-state index in [-0.39, 0.29) is 11.9 Å². The number of nitriles is 1. The van der Waals surface area contributed by atoms with Crippen LogP contribution in [0.3, 0.4) is 0 Å². The molecule has 1 amide bonds. The van der Waals surface area contributed by atoms with Crippen LogP contribution in [0.5, 0.6) is 0 Å². The lowest BCUT2D eigenvalue weighted by Gasteiger charge is -2.16. The zero-order valence-corrected chi connectivity index (χ0v) is 10.8. The number of nitrogens with zero attached hydrogens (tertiary/aromatic N) is 5. The third-order valence-corrected chi connectivity index (χ3v) is 3.50. The fourth-order valence-corrected chi connectivity index (χ4v) is 2.46. The molecule has 100 valence electrons.